The molecule has 2 aromatic rings. The number of benzene rings is 2. The van der Waals surface area contributed by atoms with Crippen LogP contribution in [0.5, 0.6) is 5.75 Å². The molecule has 3 heteroatoms. The van der Waals surface area contributed by atoms with E-state index in [9.17, 15) is 9.90 Å². The van der Waals surface area contributed by atoms with Crippen LogP contribution in [0.2, 0.25) is 0 Å². The summed E-state index contributed by atoms with van der Waals surface area (Å²) < 4.78 is 0. The summed E-state index contributed by atoms with van der Waals surface area (Å²) in [5.74, 6) is 2.26. The third-order valence-corrected chi connectivity index (χ3v) is 2.40. The van der Waals surface area contributed by atoms with Crippen LogP contribution in [-0.2, 0) is 0 Å². The highest BCUT2D eigenvalue weighted by Crippen LogP contribution is 2.14. The van der Waals surface area contributed by atoms with Gasteiger partial charge < -0.3 is 10.4 Å². The van der Waals surface area contributed by atoms with Gasteiger partial charge in [0.05, 0.1) is 0 Å². The lowest BCUT2D eigenvalue weighted by Crippen LogP contribution is -2.11. The maximum atomic E-state index is 11.9. The molecule has 0 aliphatic heterocycles. The lowest BCUT2D eigenvalue weighted by atomic mass is 10.1. The number of hydrogen-bond acceptors (Lipinski definition) is 2. The molecule has 0 saturated carbocycles. The maximum absolute atomic E-state index is 11.9. The lowest BCUT2D eigenvalue weighted by Gasteiger charge is -2.05. The fraction of sp³-hybridized carbons (Fsp3) is 0. The van der Waals surface area contributed by atoms with Crippen LogP contribution in [0.4, 0.5) is 5.69 Å². The van der Waals surface area contributed by atoms with Crippen molar-refractivity contribution in [2.24, 2.45) is 0 Å². The first kappa shape index (κ1) is 11.7. The minimum Gasteiger partial charge on any atom is -0.508 e. The van der Waals surface area contributed by atoms with Crippen LogP contribution in [0.1, 0.15) is 15.9 Å². The van der Waals surface area contributed by atoms with E-state index in [1.807, 2.05) is 0 Å². The van der Waals surface area contributed by atoms with Gasteiger partial charge in [-0.2, -0.15) is 0 Å². The molecule has 0 spiro atoms. The van der Waals surface area contributed by atoms with Crippen molar-refractivity contribution >= 4 is 11.6 Å². The molecule has 0 aliphatic carbocycles. The Morgan fingerprint density at radius 2 is 1.94 bits per heavy atom. The number of hydrogen-bond donors (Lipinski definition) is 2. The van der Waals surface area contributed by atoms with Gasteiger partial charge >= 0.3 is 0 Å². The molecule has 88 valence electrons. The van der Waals surface area contributed by atoms with Gasteiger partial charge in [0.25, 0.3) is 5.91 Å². The number of amides is 1. The molecule has 0 saturated heterocycles. The quantitative estimate of drug-likeness (QED) is 0.789. The molecule has 0 atom stereocenters. The summed E-state index contributed by atoms with van der Waals surface area (Å²) in [5.41, 5.74) is 1.71. The molecule has 0 unspecified atom stereocenters. The minimum absolute atomic E-state index is 0.0556. The van der Waals surface area contributed by atoms with Crippen molar-refractivity contribution in [3.63, 3.8) is 0 Å². The molecule has 0 radical (unpaired) electrons. The van der Waals surface area contributed by atoms with Crippen molar-refractivity contribution in [3.05, 3.63) is 59.7 Å². The lowest BCUT2D eigenvalue weighted by molar-refractivity contribution is 0.102. The molecular weight excluding hydrogens is 226 g/mol. The van der Waals surface area contributed by atoms with Crippen LogP contribution in [0.3, 0.4) is 0 Å². The zero-order valence-corrected chi connectivity index (χ0v) is 9.55. The van der Waals surface area contributed by atoms with Crippen LogP contribution in [0, 0.1) is 12.3 Å². The fourth-order valence-corrected chi connectivity index (χ4v) is 1.54. The van der Waals surface area contributed by atoms with Crippen LogP contribution in [-0.4, -0.2) is 11.0 Å². The van der Waals surface area contributed by atoms with E-state index in [0.29, 0.717) is 16.8 Å². The molecule has 2 N–H and O–H groups in total. The van der Waals surface area contributed by atoms with Gasteiger partial charge in [0.1, 0.15) is 5.75 Å². The summed E-state index contributed by atoms with van der Waals surface area (Å²) in [6, 6.07) is 13.2. The second-order valence-corrected chi connectivity index (χ2v) is 3.73. The zero-order valence-electron chi connectivity index (χ0n) is 9.55. The molecule has 18 heavy (non-hydrogen) atoms. The summed E-state index contributed by atoms with van der Waals surface area (Å²) in [6.07, 6.45) is 5.28. The first-order valence-electron chi connectivity index (χ1n) is 5.36. The molecule has 0 aliphatic rings. The zero-order chi connectivity index (χ0) is 13.0. The van der Waals surface area contributed by atoms with E-state index < -0.39 is 0 Å². The molecule has 2 aromatic carbocycles. The number of carbonyl (C=O) groups is 1. The van der Waals surface area contributed by atoms with Crippen LogP contribution in [0.25, 0.3) is 0 Å². The molecule has 3 nitrogen and oxygen atoms in total. The fourth-order valence-electron chi connectivity index (χ4n) is 1.54. The predicted molar refractivity (Wildman–Crippen MR) is 70.4 cm³/mol. The van der Waals surface area contributed by atoms with Gasteiger partial charge in [0.15, 0.2) is 0 Å². The van der Waals surface area contributed by atoms with Gasteiger partial charge in [-0.15, -0.1) is 6.42 Å². The van der Waals surface area contributed by atoms with E-state index in [1.54, 1.807) is 36.4 Å². The van der Waals surface area contributed by atoms with Crippen molar-refractivity contribution in [1.82, 2.24) is 0 Å². The Labute approximate surface area is 105 Å². The van der Waals surface area contributed by atoms with Crippen LogP contribution >= 0.6 is 0 Å². The van der Waals surface area contributed by atoms with E-state index in [1.165, 1.54) is 12.1 Å². The first-order chi connectivity index (χ1) is 8.69. The van der Waals surface area contributed by atoms with Gasteiger partial charge in [0.2, 0.25) is 0 Å². The topological polar surface area (TPSA) is 49.3 Å². The Morgan fingerprint density at radius 1 is 1.17 bits per heavy atom. The predicted octanol–water partition coefficient (Wildman–Crippen LogP) is 2.63. The number of nitrogens with one attached hydrogen (secondary N) is 1. The Bertz CT molecular complexity index is 626. The van der Waals surface area contributed by atoms with E-state index >= 15 is 0 Å². The highest BCUT2D eigenvalue weighted by molar-refractivity contribution is 6.04. The van der Waals surface area contributed by atoms with E-state index in [2.05, 4.69) is 11.2 Å². The number of phenolic OH excluding ortho intramolecular Hbond substituents is 1. The number of terminal acetylenes is 1. The SMILES string of the molecule is C#Cc1cccc(NC(=O)c2cccc(O)c2)c1. The molecule has 0 fully saturated rings. The number of anilines is 1. The average Bonchev–Trinajstić information content (AvgIpc) is 2.39. The van der Waals surface area contributed by atoms with Gasteiger partial charge in [-0.05, 0) is 36.4 Å². The molecule has 2 rings (SSSR count). The van der Waals surface area contributed by atoms with E-state index in [0.717, 1.165) is 0 Å². The van der Waals surface area contributed by atoms with Crippen molar-refractivity contribution in [1.29, 1.82) is 0 Å². The van der Waals surface area contributed by atoms with Gasteiger partial charge in [-0.1, -0.05) is 18.1 Å². The maximum Gasteiger partial charge on any atom is 0.255 e. The number of phenols is 1. The summed E-state index contributed by atoms with van der Waals surface area (Å²) >= 11 is 0. The summed E-state index contributed by atoms with van der Waals surface area (Å²) in [4.78, 5) is 11.9. The van der Waals surface area contributed by atoms with Crippen LogP contribution < -0.4 is 5.32 Å². The van der Waals surface area contributed by atoms with Crippen molar-refractivity contribution < 1.29 is 9.90 Å². The third-order valence-electron chi connectivity index (χ3n) is 2.40. The number of rotatable bonds is 2. The highest BCUT2D eigenvalue weighted by atomic mass is 16.3. The first-order valence-corrected chi connectivity index (χ1v) is 5.36. The Hall–Kier alpha value is -2.73. The number of carbonyl (C=O) groups excluding carboxylic acids is 1. The van der Waals surface area contributed by atoms with Crippen molar-refractivity contribution in [2.75, 3.05) is 5.32 Å². The average molecular weight is 237 g/mol. The Morgan fingerprint density at radius 3 is 2.67 bits per heavy atom. The molecule has 0 bridgehead atoms. The smallest absolute Gasteiger partial charge is 0.255 e. The largest absolute Gasteiger partial charge is 0.508 e. The molecule has 0 aromatic heterocycles. The third kappa shape index (κ3) is 2.69. The second-order valence-electron chi connectivity index (χ2n) is 3.73. The summed E-state index contributed by atoms with van der Waals surface area (Å²) in [5, 5.41) is 12.0. The molecule has 1 amide bonds. The summed E-state index contributed by atoms with van der Waals surface area (Å²) in [7, 11) is 0. The van der Waals surface area contributed by atoms with E-state index in [-0.39, 0.29) is 11.7 Å². The minimum atomic E-state index is -0.292. The van der Waals surface area contributed by atoms with E-state index in [4.69, 9.17) is 6.42 Å². The Kier molecular flexibility index (Phi) is 3.31. The Balaban J connectivity index is 2.19. The van der Waals surface area contributed by atoms with Gasteiger partial charge in [0, 0.05) is 16.8 Å². The van der Waals surface area contributed by atoms with Crippen molar-refractivity contribution in [2.45, 2.75) is 0 Å². The number of aromatic hydroxyl groups is 1. The molecular formula is C15H11NO2. The van der Waals surface area contributed by atoms with Crippen molar-refractivity contribution in [3.8, 4) is 18.1 Å². The van der Waals surface area contributed by atoms with Crippen LogP contribution in [0.15, 0.2) is 48.5 Å². The highest BCUT2D eigenvalue weighted by Gasteiger charge is 2.06. The summed E-state index contributed by atoms with van der Waals surface area (Å²) in [6.45, 7) is 0. The normalized spacial score (nSPS) is 9.50. The monoisotopic (exact) mass is 237 g/mol. The molecule has 0 heterocycles. The van der Waals surface area contributed by atoms with Gasteiger partial charge in [-0.25, -0.2) is 0 Å². The van der Waals surface area contributed by atoms with Gasteiger partial charge in [-0.3, -0.25) is 4.79 Å². The second kappa shape index (κ2) is 5.07. The standard InChI is InChI=1S/C15H11NO2/c1-2-11-5-3-7-13(9-11)16-15(18)12-6-4-8-14(17)10-12/h1,3-10,17H,(H,16,18).